The Morgan fingerprint density at radius 3 is 2.66 bits per heavy atom. The molecule has 1 atom stereocenters. The normalized spacial score (nSPS) is 11.8. The first-order valence-electron chi connectivity index (χ1n) is 10.3. The fourth-order valence-electron chi connectivity index (χ4n) is 3.35. The van der Waals surface area contributed by atoms with Gasteiger partial charge in [-0.3, -0.25) is 4.79 Å². The van der Waals surface area contributed by atoms with Crippen molar-refractivity contribution in [2.24, 2.45) is 0 Å². The van der Waals surface area contributed by atoms with Crippen LogP contribution in [0, 0.1) is 6.92 Å². The molecule has 2 aromatic carbocycles. The molecule has 0 aliphatic rings. The number of benzene rings is 2. The smallest absolute Gasteiger partial charge is 0.326 e. The third kappa shape index (κ3) is 6.40. The first-order valence-corrected chi connectivity index (χ1v) is 12.8. The molecule has 1 heterocycles. The van der Waals surface area contributed by atoms with E-state index in [1.54, 1.807) is 35.9 Å². The number of rotatable bonds is 11. The quantitative estimate of drug-likeness (QED) is 0.375. The second-order valence-corrected chi connectivity index (χ2v) is 9.38. The second kappa shape index (κ2) is 11.8. The number of nitrogens with one attached hydrogen (secondary N) is 2. The topological polar surface area (TPSA) is 95.1 Å². The summed E-state index contributed by atoms with van der Waals surface area (Å²) in [5.41, 5.74) is 5.48. The number of aryl methyl sites for hydroxylation is 1. The zero-order valence-corrected chi connectivity index (χ0v) is 19.8. The summed E-state index contributed by atoms with van der Waals surface area (Å²) in [6, 6.07) is 12.8. The van der Waals surface area contributed by atoms with Crippen LogP contribution in [0.3, 0.4) is 0 Å². The Balaban J connectivity index is 1.86. The Bertz CT molecular complexity index is 1050. The number of carboxylic acids is 1. The van der Waals surface area contributed by atoms with Gasteiger partial charge < -0.3 is 15.4 Å². The van der Waals surface area contributed by atoms with Gasteiger partial charge in [0, 0.05) is 29.0 Å². The molecule has 0 aliphatic heterocycles. The van der Waals surface area contributed by atoms with Gasteiger partial charge in [-0.2, -0.15) is 23.5 Å². The average molecular weight is 470 g/mol. The number of carbonyl (C=O) groups excluding carboxylic acids is 1. The number of amides is 1. The lowest BCUT2D eigenvalue weighted by Gasteiger charge is -2.17. The van der Waals surface area contributed by atoms with Gasteiger partial charge in [0.05, 0.1) is 6.33 Å². The first kappa shape index (κ1) is 23.9. The van der Waals surface area contributed by atoms with Crippen LogP contribution in [-0.4, -0.2) is 45.0 Å². The number of aliphatic carboxylic acids is 1. The van der Waals surface area contributed by atoms with E-state index in [4.69, 9.17) is 0 Å². The highest BCUT2D eigenvalue weighted by Crippen LogP contribution is 2.30. The summed E-state index contributed by atoms with van der Waals surface area (Å²) in [5, 5.41) is 12.2. The number of aromatic amines is 1. The molecule has 168 valence electrons. The highest BCUT2D eigenvalue weighted by atomic mass is 32.2. The summed E-state index contributed by atoms with van der Waals surface area (Å²) in [4.78, 5) is 31.9. The summed E-state index contributed by atoms with van der Waals surface area (Å²) in [7, 11) is 0. The van der Waals surface area contributed by atoms with E-state index in [-0.39, 0.29) is 5.91 Å². The maximum atomic E-state index is 13.1. The molecule has 0 spiro atoms. The van der Waals surface area contributed by atoms with E-state index in [1.807, 2.05) is 55.8 Å². The van der Waals surface area contributed by atoms with Crippen molar-refractivity contribution in [3.63, 3.8) is 0 Å². The minimum atomic E-state index is -1.02. The minimum Gasteiger partial charge on any atom is -0.480 e. The van der Waals surface area contributed by atoms with Gasteiger partial charge in [-0.15, -0.1) is 0 Å². The summed E-state index contributed by atoms with van der Waals surface area (Å²) in [5.74, 6) is 0.877. The van der Waals surface area contributed by atoms with E-state index in [1.165, 1.54) is 0 Å². The van der Waals surface area contributed by atoms with Gasteiger partial charge in [-0.1, -0.05) is 30.3 Å². The standard InChI is InChI=1S/C24H27N3O3S2/c1-16-5-3-4-6-19(16)21-11-17(13-32-14-18-12-25-15-26-18)7-8-20(21)23(28)27-22(24(29)30)9-10-31-2/h3-8,11-12,15,22H,9-10,13-14H2,1-2H3,(H,25,26)(H,27,28)(H,29,30)/t22-/m0/s1. The maximum absolute atomic E-state index is 13.1. The van der Waals surface area contributed by atoms with Crippen molar-refractivity contribution in [2.45, 2.75) is 30.9 Å². The van der Waals surface area contributed by atoms with Crippen molar-refractivity contribution < 1.29 is 14.7 Å². The molecule has 6 nitrogen and oxygen atoms in total. The molecule has 0 bridgehead atoms. The summed E-state index contributed by atoms with van der Waals surface area (Å²) >= 11 is 3.32. The monoisotopic (exact) mass is 469 g/mol. The number of nitrogens with zero attached hydrogens (tertiary/aromatic N) is 1. The number of carbonyl (C=O) groups is 2. The van der Waals surface area contributed by atoms with E-state index < -0.39 is 12.0 Å². The Morgan fingerprint density at radius 2 is 1.97 bits per heavy atom. The molecule has 3 N–H and O–H groups in total. The molecule has 0 radical (unpaired) electrons. The lowest BCUT2D eigenvalue weighted by Crippen LogP contribution is -2.41. The third-order valence-corrected chi connectivity index (χ3v) is 6.76. The zero-order valence-electron chi connectivity index (χ0n) is 18.1. The van der Waals surface area contributed by atoms with Gasteiger partial charge in [-0.25, -0.2) is 9.78 Å². The molecule has 0 fully saturated rings. The lowest BCUT2D eigenvalue weighted by atomic mass is 9.94. The van der Waals surface area contributed by atoms with E-state index in [2.05, 4.69) is 15.3 Å². The van der Waals surface area contributed by atoms with Crippen molar-refractivity contribution in [3.8, 4) is 11.1 Å². The SMILES string of the molecule is CSCC[C@H](NC(=O)c1ccc(CSCc2cnc[nH]2)cc1-c1ccccc1C)C(=O)O. The highest BCUT2D eigenvalue weighted by molar-refractivity contribution is 7.98. The highest BCUT2D eigenvalue weighted by Gasteiger charge is 2.22. The Morgan fingerprint density at radius 1 is 1.16 bits per heavy atom. The van der Waals surface area contributed by atoms with Crippen molar-refractivity contribution >= 4 is 35.4 Å². The fourth-order valence-corrected chi connectivity index (χ4v) is 4.72. The number of imidazole rings is 1. The van der Waals surface area contributed by atoms with Gasteiger partial charge in [-0.05, 0) is 59.7 Å². The van der Waals surface area contributed by atoms with Gasteiger partial charge in [0.25, 0.3) is 5.91 Å². The molecular formula is C24H27N3O3S2. The number of H-pyrrole nitrogens is 1. The zero-order chi connectivity index (χ0) is 22.9. The Labute approximate surface area is 196 Å². The molecule has 32 heavy (non-hydrogen) atoms. The molecule has 0 aliphatic carbocycles. The molecule has 1 amide bonds. The van der Waals surface area contributed by atoms with Crippen LogP contribution < -0.4 is 5.32 Å². The van der Waals surface area contributed by atoms with Crippen LogP contribution in [0.2, 0.25) is 0 Å². The number of thioether (sulfide) groups is 2. The molecule has 8 heteroatoms. The fraction of sp³-hybridized carbons (Fsp3) is 0.292. The van der Waals surface area contributed by atoms with Crippen LogP contribution in [0.4, 0.5) is 0 Å². The van der Waals surface area contributed by atoms with Gasteiger partial charge in [0.15, 0.2) is 0 Å². The molecular weight excluding hydrogens is 442 g/mol. The van der Waals surface area contributed by atoms with Crippen LogP contribution in [0.25, 0.3) is 11.1 Å². The lowest BCUT2D eigenvalue weighted by molar-refractivity contribution is -0.139. The van der Waals surface area contributed by atoms with Crippen LogP contribution >= 0.6 is 23.5 Å². The van der Waals surface area contributed by atoms with Crippen LogP contribution in [0.1, 0.15) is 33.6 Å². The average Bonchev–Trinajstić information content (AvgIpc) is 3.30. The number of hydrogen-bond acceptors (Lipinski definition) is 5. The summed E-state index contributed by atoms with van der Waals surface area (Å²) in [6.45, 7) is 2.01. The second-order valence-electron chi connectivity index (χ2n) is 7.41. The van der Waals surface area contributed by atoms with Gasteiger partial charge in [0.1, 0.15) is 6.04 Å². The van der Waals surface area contributed by atoms with Crippen LogP contribution in [0.15, 0.2) is 55.0 Å². The first-order chi connectivity index (χ1) is 15.5. The van der Waals surface area contributed by atoms with Crippen molar-refractivity contribution in [1.29, 1.82) is 0 Å². The van der Waals surface area contributed by atoms with E-state index in [0.29, 0.717) is 17.7 Å². The van der Waals surface area contributed by atoms with Crippen molar-refractivity contribution in [3.05, 3.63) is 77.4 Å². The number of hydrogen-bond donors (Lipinski definition) is 3. The molecule has 3 aromatic rings. The largest absolute Gasteiger partial charge is 0.480 e. The molecule has 1 aromatic heterocycles. The Kier molecular flexibility index (Phi) is 8.81. The minimum absolute atomic E-state index is 0.367. The maximum Gasteiger partial charge on any atom is 0.326 e. The van der Waals surface area contributed by atoms with E-state index in [9.17, 15) is 14.7 Å². The van der Waals surface area contributed by atoms with Crippen molar-refractivity contribution in [2.75, 3.05) is 12.0 Å². The van der Waals surface area contributed by atoms with Gasteiger partial charge in [0.2, 0.25) is 0 Å². The van der Waals surface area contributed by atoms with E-state index >= 15 is 0 Å². The van der Waals surface area contributed by atoms with Crippen LogP contribution in [0.5, 0.6) is 0 Å². The molecule has 0 unspecified atom stereocenters. The number of aromatic nitrogens is 2. The predicted octanol–water partition coefficient (Wildman–Crippen LogP) is 4.75. The van der Waals surface area contributed by atoms with Crippen LogP contribution in [-0.2, 0) is 16.3 Å². The predicted molar refractivity (Wildman–Crippen MR) is 132 cm³/mol. The van der Waals surface area contributed by atoms with Crippen molar-refractivity contribution in [1.82, 2.24) is 15.3 Å². The Hall–Kier alpha value is -2.71. The molecule has 3 rings (SSSR count). The number of carboxylic acid groups (broad SMARTS) is 1. The summed E-state index contributed by atoms with van der Waals surface area (Å²) in [6.07, 6.45) is 5.78. The molecule has 0 saturated heterocycles. The summed E-state index contributed by atoms with van der Waals surface area (Å²) < 4.78 is 0. The third-order valence-electron chi connectivity index (χ3n) is 5.06. The van der Waals surface area contributed by atoms with Gasteiger partial charge >= 0.3 is 5.97 Å². The van der Waals surface area contributed by atoms with E-state index in [0.717, 1.165) is 39.5 Å². The molecule has 0 saturated carbocycles.